The first kappa shape index (κ1) is 12.3. The molecular weight excluding hydrogens is 246 g/mol. The van der Waals surface area contributed by atoms with Crippen molar-refractivity contribution in [2.45, 2.75) is 37.5 Å². The van der Waals surface area contributed by atoms with Crippen LogP contribution in [-0.4, -0.2) is 46.6 Å². The van der Waals surface area contributed by atoms with Crippen molar-refractivity contribution in [3.05, 3.63) is 5.82 Å². The summed E-state index contributed by atoms with van der Waals surface area (Å²) in [6.45, 7) is 7.47. The zero-order valence-corrected chi connectivity index (χ0v) is 11.9. The lowest BCUT2D eigenvalue weighted by atomic mass is 10.1. The van der Waals surface area contributed by atoms with E-state index in [9.17, 15) is 0 Å². The molecule has 3 heterocycles. The molecule has 1 aromatic rings. The molecule has 1 unspecified atom stereocenters. The number of hydrogen-bond acceptors (Lipinski definition) is 5. The van der Waals surface area contributed by atoms with E-state index in [-0.39, 0.29) is 4.75 Å². The summed E-state index contributed by atoms with van der Waals surface area (Å²) in [6, 6.07) is 0.511. The Morgan fingerprint density at radius 2 is 2.39 bits per heavy atom. The van der Waals surface area contributed by atoms with E-state index in [1.165, 1.54) is 18.6 Å². The summed E-state index contributed by atoms with van der Waals surface area (Å²) in [7, 11) is 0. The largest absolute Gasteiger partial charge is 0.337 e. The molecule has 0 saturated carbocycles. The van der Waals surface area contributed by atoms with Gasteiger partial charge in [0, 0.05) is 25.7 Å². The van der Waals surface area contributed by atoms with Gasteiger partial charge in [-0.3, -0.25) is 5.10 Å². The topological polar surface area (TPSA) is 56.8 Å². The van der Waals surface area contributed by atoms with Crippen LogP contribution in [0.5, 0.6) is 0 Å². The smallest absolute Gasteiger partial charge is 0.244 e. The van der Waals surface area contributed by atoms with Crippen molar-refractivity contribution >= 4 is 17.7 Å². The van der Waals surface area contributed by atoms with Gasteiger partial charge in [-0.1, -0.05) is 0 Å². The number of aromatic amines is 1. The van der Waals surface area contributed by atoms with Gasteiger partial charge in [0.1, 0.15) is 5.82 Å². The lowest BCUT2D eigenvalue weighted by Gasteiger charge is -2.30. The Bertz CT molecular complexity index is 412. The van der Waals surface area contributed by atoms with E-state index >= 15 is 0 Å². The van der Waals surface area contributed by atoms with Gasteiger partial charge in [-0.2, -0.15) is 4.98 Å². The summed E-state index contributed by atoms with van der Waals surface area (Å²) in [6.07, 6.45) is 2.48. The highest BCUT2D eigenvalue weighted by Crippen LogP contribution is 2.44. The first-order valence-corrected chi connectivity index (χ1v) is 7.71. The number of nitrogens with one attached hydrogen (secondary N) is 2. The van der Waals surface area contributed by atoms with Crippen LogP contribution in [0.2, 0.25) is 0 Å². The van der Waals surface area contributed by atoms with E-state index in [2.05, 4.69) is 34.3 Å². The Kier molecular flexibility index (Phi) is 3.23. The number of thioether (sulfide) groups is 1. The van der Waals surface area contributed by atoms with E-state index in [0.717, 1.165) is 31.4 Å². The van der Waals surface area contributed by atoms with Crippen molar-refractivity contribution in [2.75, 3.05) is 30.3 Å². The third-order valence-electron chi connectivity index (χ3n) is 3.84. The summed E-state index contributed by atoms with van der Waals surface area (Å²) >= 11 is 1.99. The second-order valence-corrected chi connectivity index (χ2v) is 7.07. The highest BCUT2D eigenvalue weighted by molar-refractivity contribution is 8.00. The maximum Gasteiger partial charge on any atom is 0.244 e. The van der Waals surface area contributed by atoms with Crippen LogP contribution in [0, 0.1) is 0 Å². The number of aromatic nitrogens is 3. The normalized spacial score (nSPS) is 33.0. The summed E-state index contributed by atoms with van der Waals surface area (Å²) < 4.78 is 0.144. The van der Waals surface area contributed by atoms with E-state index < -0.39 is 0 Å². The minimum Gasteiger partial charge on any atom is -0.337 e. The molecule has 2 aliphatic heterocycles. The van der Waals surface area contributed by atoms with Gasteiger partial charge in [0.25, 0.3) is 0 Å². The van der Waals surface area contributed by atoms with Crippen LogP contribution in [0.15, 0.2) is 0 Å². The van der Waals surface area contributed by atoms with Gasteiger partial charge in [0.2, 0.25) is 5.95 Å². The first-order chi connectivity index (χ1) is 8.67. The third-order valence-corrected chi connectivity index (χ3v) is 5.37. The molecule has 0 aromatic carbocycles. The number of piperazine rings is 1. The van der Waals surface area contributed by atoms with Gasteiger partial charge < -0.3 is 10.2 Å². The molecule has 0 radical (unpaired) electrons. The Hall–Kier alpha value is -0.750. The fraction of sp³-hybridized carbons (Fsp3) is 0.833. The molecule has 1 aromatic heterocycles. The van der Waals surface area contributed by atoms with Crippen LogP contribution in [-0.2, 0) is 4.75 Å². The molecule has 3 rings (SSSR count). The monoisotopic (exact) mass is 267 g/mol. The Morgan fingerprint density at radius 3 is 3.11 bits per heavy atom. The predicted molar refractivity (Wildman–Crippen MR) is 75.1 cm³/mol. The maximum atomic E-state index is 4.73. The van der Waals surface area contributed by atoms with Crippen LogP contribution in [0.4, 0.5) is 5.95 Å². The molecule has 0 amide bonds. The number of rotatable bonds is 2. The second kappa shape index (κ2) is 4.74. The van der Waals surface area contributed by atoms with E-state index in [1.807, 2.05) is 11.8 Å². The molecule has 6 heteroatoms. The molecular formula is C12H21N5S. The van der Waals surface area contributed by atoms with Crippen molar-refractivity contribution in [3.63, 3.8) is 0 Å². The van der Waals surface area contributed by atoms with E-state index in [0.29, 0.717) is 6.04 Å². The predicted octanol–water partition coefficient (Wildman–Crippen LogP) is 1.34. The van der Waals surface area contributed by atoms with Crippen LogP contribution in [0.25, 0.3) is 0 Å². The second-order valence-electron chi connectivity index (χ2n) is 5.47. The van der Waals surface area contributed by atoms with Gasteiger partial charge in [-0.25, -0.2) is 0 Å². The first-order valence-electron chi connectivity index (χ1n) is 6.72. The fourth-order valence-corrected chi connectivity index (χ4v) is 3.97. The van der Waals surface area contributed by atoms with Crippen LogP contribution >= 0.6 is 11.8 Å². The summed E-state index contributed by atoms with van der Waals surface area (Å²) in [5.41, 5.74) is 0. The fourth-order valence-electron chi connectivity index (χ4n) is 2.71. The quantitative estimate of drug-likeness (QED) is 0.847. The number of nitrogens with zero attached hydrogens (tertiary/aromatic N) is 3. The molecule has 0 spiro atoms. The van der Waals surface area contributed by atoms with Gasteiger partial charge in [-0.15, -0.1) is 16.9 Å². The highest BCUT2D eigenvalue weighted by Gasteiger charge is 2.35. The van der Waals surface area contributed by atoms with Gasteiger partial charge >= 0.3 is 0 Å². The molecule has 2 atom stereocenters. The van der Waals surface area contributed by atoms with Crippen LogP contribution < -0.4 is 10.2 Å². The summed E-state index contributed by atoms with van der Waals surface area (Å²) in [5, 5.41) is 11.0. The molecule has 5 nitrogen and oxygen atoms in total. The number of H-pyrrole nitrogens is 1. The maximum absolute atomic E-state index is 4.73. The molecule has 2 N–H and O–H groups in total. The van der Waals surface area contributed by atoms with Crippen molar-refractivity contribution in [1.29, 1.82) is 0 Å². The lowest BCUT2D eigenvalue weighted by Crippen LogP contribution is -2.49. The Morgan fingerprint density at radius 1 is 1.50 bits per heavy atom. The average Bonchev–Trinajstić information content (AvgIpc) is 2.98. The number of anilines is 1. The zero-order chi connectivity index (χ0) is 12.6. The Labute approximate surface area is 112 Å². The third kappa shape index (κ3) is 2.23. The summed E-state index contributed by atoms with van der Waals surface area (Å²) in [4.78, 5) is 7.00. The summed E-state index contributed by atoms with van der Waals surface area (Å²) in [5.74, 6) is 3.15. The van der Waals surface area contributed by atoms with Gasteiger partial charge in [-0.05, 0) is 32.4 Å². The van der Waals surface area contributed by atoms with Crippen LogP contribution in [0.3, 0.4) is 0 Å². The molecule has 2 fully saturated rings. The average molecular weight is 267 g/mol. The van der Waals surface area contributed by atoms with E-state index in [4.69, 9.17) is 4.98 Å². The molecule has 18 heavy (non-hydrogen) atoms. The molecule has 0 aliphatic carbocycles. The molecule has 100 valence electrons. The van der Waals surface area contributed by atoms with Gasteiger partial charge in [0.15, 0.2) is 0 Å². The standard InChI is InChI=1S/C12H21N5S/c1-9-8-17(6-5-13-9)11-14-10(15-16-11)12(2)4-3-7-18-12/h9,13H,3-8H2,1-2H3,(H,14,15,16)/t9-,12?/m0/s1. The lowest BCUT2D eigenvalue weighted by molar-refractivity contribution is 0.479. The van der Waals surface area contributed by atoms with Crippen molar-refractivity contribution in [1.82, 2.24) is 20.5 Å². The number of hydrogen-bond donors (Lipinski definition) is 2. The SMILES string of the molecule is C[C@H]1CN(c2n[nH]c(C3(C)CCCS3)n2)CCN1. The molecule has 2 saturated heterocycles. The molecule has 0 bridgehead atoms. The Balaban J connectivity index is 1.76. The van der Waals surface area contributed by atoms with E-state index in [1.54, 1.807) is 0 Å². The van der Waals surface area contributed by atoms with Crippen molar-refractivity contribution in [3.8, 4) is 0 Å². The highest BCUT2D eigenvalue weighted by atomic mass is 32.2. The zero-order valence-electron chi connectivity index (χ0n) is 11.1. The minimum atomic E-state index is 0.144. The van der Waals surface area contributed by atoms with Crippen LogP contribution in [0.1, 0.15) is 32.5 Å². The van der Waals surface area contributed by atoms with Crippen molar-refractivity contribution < 1.29 is 0 Å². The molecule has 2 aliphatic rings. The van der Waals surface area contributed by atoms with Gasteiger partial charge in [0.05, 0.1) is 4.75 Å². The minimum absolute atomic E-state index is 0.144. The van der Waals surface area contributed by atoms with Crippen molar-refractivity contribution in [2.24, 2.45) is 0 Å².